The summed E-state index contributed by atoms with van der Waals surface area (Å²) in [5, 5.41) is 7.68. The monoisotopic (exact) mass is 222 g/mol. The van der Waals surface area contributed by atoms with Gasteiger partial charge in [-0.05, 0) is 6.07 Å². The van der Waals surface area contributed by atoms with Crippen molar-refractivity contribution in [2.45, 2.75) is 0 Å². The molecule has 4 nitrogen and oxygen atoms in total. The molecule has 0 unspecified atom stereocenters. The first-order chi connectivity index (χ1) is 7.20. The van der Waals surface area contributed by atoms with Crippen molar-refractivity contribution in [1.29, 1.82) is 0 Å². The van der Waals surface area contributed by atoms with Gasteiger partial charge in [0, 0.05) is 43.3 Å². The first kappa shape index (κ1) is 9.98. The Morgan fingerprint density at radius 3 is 2.80 bits per heavy atom. The molecular weight excluding hydrogens is 212 g/mol. The molecule has 2 aromatic rings. The topological polar surface area (TPSA) is 42.7 Å². The van der Waals surface area contributed by atoms with Gasteiger partial charge in [0.2, 0.25) is 0 Å². The summed E-state index contributed by atoms with van der Waals surface area (Å²) < 4.78 is 1.75. The second-order valence-corrected chi connectivity index (χ2v) is 3.59. The molecule has 0 aromatic carbocycles. The fourth-order valence-electron chi connectivity index (χ4n) is 1.43. The highest BCUT2D eigenvalue weighted by Crippen LogP contribution is 2.28. The van der Waals surface area contributed by atoms with E-state index in [0.29, 0.717) is 5.15 Å². The Morgan fingerprint density at radius 1 is 1.40 bits per heavy atom. The first-order valence-corrected chi connectivity index (χ1v) is 4.91. The lowest BCUT2D eigenvalue weighted by Gasteiger charge is -2.06. The number of halogens is 1. The molecule has 0 aliphatic heterocycles. The van der Waals surface area contributed by atoms with Crippen LogP contribution < -0.4 is 5.32 Å². The molecule has 0 bridgehead atoms. The van der Waals surface area contributed by atoms with Crippen LogP contribution in [0.5, 0.6) is 0 Å². The number of pyridine rings is 1. The largest absolute Gasteiger partial charge is 0.387 e. The summed E-state index contributed by atoms with van der Waals surface area (Å²) in [5.41, 5.74) is 2.96. The van der Waals surface area contributed by atoms with E-state index in [9.17, 15) is 0 Å². The van der Waals surface area contributed by atoms with Gasteiger partial charge in [0.1, 0.15) is 5.15 Å². The van der Waals surface area contributed by atoms with Crippen LogP contribution in [0.25, 0.3) is 11.1 Å². The summed E-state index contributed by atoms with van der Waals surface area (Å²) in [6, 6.07) is 1.80. The average molecular weight is 223 g/mol. The van der Waals surface area contributed by atoms with E-state index in [1.165, 1.54) is 0 Å². The summed E-state index contributed by atoms with van der Waals surface area (Å²) in [6.45, 7) is 0. The number of hydrogen-bond acceptors (Lipinski definition) is 3. The first-order valence-electron chi connectivity index (χ1n) is 4.53. The van der Waals surface area contributed by atoms with Crippen molar-refractivity contribution in [3.8, 4) is 11.1 Å². The van der Waals surface area contributed by atoms with Crippen LogP contribution in [0.3, 0.4) is 0 Å². The molecule has 2 heterocycles. The Labute approximate surface area is 92.9 Å². The van der Waals surface area contributed by atoms with E-state index < -0.39 is 0 Å². The van der Waals surface area contributed by atoms with Crippen molar-refractivity contribution in [2.24, 2.45) is 7.05 Å². The summed E-state index contributed by atoms with van der Waals surface area (Å²) in [7, 11) is 3.73. The molecule has 0 amide bonds. The van der Waals surface area contributed by atoms with Gasteiger partial charge in [-0.2, -0.15) is 5.10 Å². The minimum absolute atomic E-state index is 0.479. The van der Waals surface area contributed by atoms with Gasteiger partial charge >= 0.3 is 0 Å². The molecule has 78 valence electrons. The molecule has 2 aromatic heterocycles. The molecule has 0 aliphatic carbocycles. The summed E-state index contributed by atoms with van der Waals surface area (Å²) >= 11 is 5.82. The minimum atomic E-state index is 0.479. The van der Waals surface area contributed by atoms with Crippen molar-refractivity contribution < 1.29 is 0 Å². The van der Waals surface area contributed by atoms with Crippen LogP contribution in [0.2, 0.25) is 5.15 Å². The molecule has 0 saturated carbocycles. The number of aryl methyl sites for hydroxylation is 1. The van der Waals surface area contributed by atoms with Crippen molar-refractivity contribution in [3.63, 3.8) is 0 Å². The molecule has 15 heavy (non-hydrogen) atoms. The highest BCUT2D eigenvalue weighted by molar-refractivity contribution is 6.29. The normalized spacial score (nSPS) is 10.3. The number of nitrogens with one attached hydrogen (secondary N) is 1. The third-order valence-electron chi connectivity index (χ3n) is 2.16. The highest BCUT2D eigenvalue weighted by atomic mass is 35.5. The number of hydrogen-bond donors (Lipinski definition) is 1. The number of aromatic nitrogens is 3. The standard InChI is InChI=1S/C10H11ClN4/c1-12-9-3-10(11)13-5-8(9)7-4-14-15(2)6-7/h3-6H,1-2H3,(H,12,13). The maximum atomic E-state index is 5.82. The Balaban J connectivity index is 2.52. The van der Waals surface area contributed by atoms with Gasteiger partial charge in [0.25, 0.3) is 0 Å². The van der Waals surface area contributed by atoms with E-state index in [-0.39, 0.29) is 0 Å². The van der Waals surface area contributed by atoms with Gasteiger partial charge in [0.15, 0.2) is 0 Å². The van der Waals surface area contributed by atoms with Gasteiger partial charge in [-0.25, -0.2) is 4.98 Å². The molecule has 0 fully saturated rings. The lowest BCUT2D eigenvalue weighted by atomic mass is 10.1. The molecule has 0 radical (unpaired) electrons. The quantitative estimate of drug-likeness (QED) is 0.792. The molecule has 5 heteroatoms. The van der Waals surface area contributed by atoms with Crippen LogP contribution in [0, 0.1) is 0 Å². The highest BCUT2D eigenvalue weighted by Gasteiger charge is 2.07. The van der Waals surface area contributed by atoms with Crippen LogP contribution >= 0.6 is 11.6 Å². The van der Waals surface area contributed by atoms with E-state index in [1.807, 2.05) is 20.3 Å². The van der Waals surface area contributed by atoms with Gasteiger partial charge < -0.3 is 5.32 Å². The maximum absolute atomic E-state index is 5.82. The van der Waals surface area contributed by atoms with Gasteiger partial charge in [0.05, 0.1) is 6.20 Å². The smallest absolute Gasteiger partial charge is 0.131 e. The fraction of sp³-hybridized carbons (Fsp3) is 0.200. The van der Waals surface area contributed by atoms with Crippen LogP contribution in [-0.2, 0) is 7.05 Å². The third-order valence-corrected chi connectivity index (χ3v) is 2.36. The Bertz CT molecular complexity index is 478. The van der Waals surface area contributed by atoms with E-state index in [1.54, 1.807) is 23.1 Å². The van der Waals surface area contributed by atoms with Gasteiger partial charge in [-0.1, -0.05) is 11.6 Å². The average Bonchev–Trinajstić information content (AvgIpc) is 2.64. The number of anilines is 1. The van der Waals surface area contributed by atoms with E-state index in [2.05, 4.69) is 15.4 Å². The fourth-order valence-corrected chi connectivity index (χ4v) is 1.58. The second kappa shape index (κ2) is 3.90. The zero-order valence-electron chi connectivity index (χ0n) is 8.53. The SMILES string of the molecule is CNc1cc(Cl)ncc1-c1cnn(C)c1. The summed E-state index contributed by atoms with van der Waals surface area (Å²) in [4.78, 5) is 4.06. The van der Waals surface area contributed by atoms with E-state index in [0.717, 1.165) is 16.8 Å². The predicted octanol–water partition coefficient (Wildman–Crippen LogP) is 2.18. The van der Waals surface area contributed by atoms with Gasteiger partial charge in [-0.3, -0.25) is 4.68 Å². The molecular formula is C10H11ClN4. The van der Waals surface area contributed by atoms with Crippen LogP contribution in [-0.4, -0.2) is 21.8 Å². The Kier molecular flexibility index (Phi) is 2.60. The maximum Gasteiger partial charge on any atom is 0.131 e. The van der Waals surface area contributed by atoms with E-state index >= 15 is 0 Å². The van der Waals surface area contributed by atoms with E-state index in [4.69, 9.17) is 11.6 Å². The lowest BCUT2D eigenvalue weighted by molar-refractivity contribution is 0.768. The van der Waals surface area contributed by atoms with Crippen molar-refractivity contribution in [1.82, 2.24) is 14.8 Å². The molecule has 0 spiro atoms. The zero-order chi connectivity index (χ0) is 10.8. The number of rotatable bonds is 2. The van der Waals surface area contributed by atoms with Crippen LogP contribution in [0.1, 0.15) is 0 Å². The van der Waals surface area contributed by atoms with Crippen LogP contribution in [0.4, 0.5) is 5.69 Å². The van der Waals surface area contributed by atoms with Crippen molar-refractivity contribution in [3.05, 3.63) is 29.8 Å². The zero-order valence-corrected chi connectivity index (χ0v) is 9.28. The lowest BCUT2D eigenvalue weighted by Crippen LogP contribution is -1.92. The van der Waals surface area contributed by atoms with Gasteiger partial charge in [-0.15, -0.1) is 0 Å². The van der Waals surface area contributed by atoms with Crippen molar-refractivity contribution in [2.75, 3.05) is 12.4 Å². The second-order valence-electron chi connectivity index (χ2n) is 3.21. The molecule has 0 aliphatic rings. The third kappa shape index (κ3) is 1.94. The number of nitrogens with zero attached hydrogens (tertiary/aromatic N) is 3. The Hall–Kier alpha value is -1.55. The van der Waals surface area contributed by atoms with Crippen LogP contribution in [0.15, 0.2) is 24.7 Å². The summed E-state index contributed by atoms with van der Waals surface area (Å²) in [5.74, 6) is 0. The molecule has 0 atom stereocenters. The molecule has 0 saturated heterocycles. The summed E-state index contributed by atoms with van der Waals surface area (Å²) in [6.07, 6.45) is 5.47. The predicted molar refractivity (Wildman–Crippen MR) is 61.0 cm³/mol. The molecule has 1 N–H and O–H groups in total. The Morgan fingerprint density at radius 2 is 2.20 bits per heavy atom. The molecule has 2 rings (SSSR count). The van der Waals surface area contributed by atoms with Crippen molar-refractivity contribution >= 4 is 17.3 Å². The minimum Gasteiger partial charge on any atom is -0.387 e.